The number of anilines is 3. The molecule has 0 spiro atoms. The Bertz CT molecular complexity index is 1400. The second-order valence-corrected chi connectivity index (χ2v) is 14.0. The van der Waals surface area contributed by atoms with Gasteiger partial charge in [-0.2, -0.15) is 0 Å². The first-order valence-electron chi connectivity index (χ1n) is 12.3. The summed E-state index contributed by atoms with van der Waals surface area (Å²) in [5, 5.41) is 16.2. The molecule has 0 saturated heterocycles. The molecule has 2 aromatic carbocycles. The van der Waals surface area contributed by atoms with E-state index in [4.69, 9.17) is 5.73 Å². The van der Waals surface area contributed by atoms with E-state index in [1.165, 1.54) is 37.3 Å². The van der Waals surface area contributed by atoms with E-state index in [-0.39, 0.29) is 33.5 Å². The van der Waals surface area contributed by atoms with Crippen LogP contribution in [-0.4, -0.2) is 58.8 Å². The molecule has 11 nitrogen and oxygen atoms in total. The zero-order chi connectivity index (χ0) is 30.3. The summed E-state index contributed by atoms with van der Waals surface area (Å²) in [5.41, 5.74) is 6.34. The average molecular weight is 611 g/mol. The maximum Gasteiger partial charge on any atom is 0.522 e. The fourth-order valence-corrected chi connectivity index (χ4v) is 5.24. The van der Waals surface area contributed by atoms with Crippen molar-refractivity contribution < 1.29 is 39.7 Å². The minimum atomic E-state index is -4.67. The molecule has 1 aliphatic rings. The second kappa shape index (κ2) is 13.5. The van der Waals surface area contributed by atoms with Crippen molar-refractivity contribution in [2.45, 2.75) is 55.0 Å². The molecule has 2 aromatic rings. The molecule has 40 heavy (non-hydrogen) atoms. The number of benzene rings is 2. The van der Waals surface area contributed by atoms with E-state index >= 15 is 0 Å². The molecule has 0 bridgehead atoms. The molecule has 0 aliphatic heterocycles. The predicted molar refractivity (Wildman–Crippen MR) is 146 cm³/mol. The molecule has 4 N–H and O–H groups in total. The van der Waals surface area contributed by atoms with Crippen LogP contribution in [0, 0.1) is 16.0 Å². The van der Waals surface area contributed by atoms with Crippen LogP contribution in [0.15, 0.2) is 46.2 Å². The Hall–Kier alpha value is -3.11. The molecule has 224 valence electrons. The van der Waals surface area contributed by atoms with Crippen LogP contribution in [0.4, 0.5) is 35.9 Å². The number of nitrogens with one attached hydrogen (secondary N) is 2. The van der Waals surface area contributed by atoms with Gasteiger partial charge in [-0.3, -0.25) is 14.9 Å². The Labute approximate surface area is 231 Å². The summed E-state index contributed by atoms with van der Waals surface area (Å²) < 4.78 is 86.1. The number of hydrogen-bond donors (Lipinski definition) is 3. The van der Waals surface area contributed by atoms with Crippen LogP contribution in [-0.2, 0) is 24.4 Å². The molecule has 0 heterocycles. The molecule has 3 rings (SSSR count). The quantitative estimate of drug-likeness (QED) is 0.133. The van der Waals surface area contributed by atoms with Crippen LogP contribution < -0.4 is 16.4 Å². The number of nitro benzene ring substituents is 1. The number of sulfone groups is 2. The Morgan fingerprint density at radius 3 is 2.15 bits per heavy atom. The third kappa shape index (κ3) is 9.82. The standard InChI is InChI=1S/C13H18N2O4S.C11H15F3N2O3S/c1-9(2)20(18,19)11-5-6-12(13(7-11)15(16)17)14-8-10-3-4-10;1-2-20(17,18)8-3-4-10(9(15)7-8)16-5-6-19-11(12,13)14/h5-7,9-10,14H,3-4,8H2,1-2H3;3-4,7,16H,2,5-6,15H2,1H3. The lowest BCUT2D eigenvalue weighted by molar-refractivity contribution is -0.384. The number of nitro groups is 1. The zero-order valence-electron chi connectivity index (χ0n) is 22.2. The van der Waals surface area contributed by atoms with Gasteiger partial charge in [-0.25, -0.2) is 16.8 Å². The van der Waals surface area contributed by atoms with Crippen LogP contribution in [0.2, 0.25) is 0 Å². The van der Waals surface area contributed by atoms with Crippen molar-refractivity contribution >= 4 is 42.4 Å². The average Bonchev–Trinajstić information content (AvgIpc) is 3.70. The molecule has 0 radical (unpaired) electrons. The van der Waals surface area contributed by atoms with Crippen molar-refractivity contribution in [3.8, 4) is 0 Å². The van der Waals surface area contributed by atoms with Crippen molar-refractivity contribution in [3.63, 3.8) is 0 Å². The van der Waals surface area contributed by atoms with Gasteiger partial charge in [0.15, 0.2) is 19.7 Å². The summed E-state index contributed by atoms with van der Waals surface area (Å²) in [4.78, 5) is 10.6. The van der Waals surface area contributed by atoms with E-state index in [2.05, 4.69) is 15.4 Å². The molecular formula is C24H33F3N4O7S2. The lowest BCUT2D eigenvalue weighted by Gasteiger charge is -2.12. The topological polar surface area (TPSA) is 171 Å². The summed E-state index contributed by atoms with van der Waals surface area (Å²) in [6.45, 7) is 4.63. The molecule has 0 aromatic heterocycles. The first-order chi connectivity index (χ1) is 18.5. The lowest BCUT2D eigenvalue weighted by Crippen LogP contribution is -2.19. The molecule has 0 atom stereocenters. The summed E-state index contributed by atoms with van der Waals surface area (Å²) in [6, 6.07) is 8.08. The van der Waals surface area contributed by atoms with Gasteiger partial charge in [-0.05, 0) is 62.9 Å². The third-order valence-electron chi connectivity index (χ3n) is 5.84. The van der Waals surface area contributed by atoms with Gasteiger partial charge in [-0.1, -0.05) is 6.92 Å². The molecule has 0 unspecified atom stereocenters. The van der Waals surface area contributed by atoms with Gasteiger partial charge in [0.25, 0.3) is 5.69 Å². The Morgan fingerprint density at radius 2 is 1.65 bits per heavy atom. The van der Waals surface area contributed by atoms with Gasteiger partial charge >= 0.3 is 6.36 Å². The molecule has 16 heteroatoms. The third-order valence-corrected chi connectivity index (χ3v) is 9.72. The molecule has 1 fully saturated rings. The van der Waals surface area contributed by atoms with Crippen molar-refractivity contribution in [1.29, 1.82) is 0 Å². The Morgan fingerprint density at radius 1 is 1.05 bits per heavy atom. The zero-order valence-corrected chi connectivity index (χ0v) is 23.8. The van der Waals surface area contributed by atoms with E-state index in [1.807, 2.05) is 0 Å². The summed E-state index contributed by atoms with van der Waals surface area (Å²) in [5.74, 6) is 0.521. The fourth-order valence-electron chi connectivity index (χ4n) is 3.25. The Balaban J connectivity index is 0.000000280. The highest BCUT2D eigenvalue weighted by Gasteiger charge is 2.28. The number of alkyl halides is 3. The minimum absolute atomic E-state index is 0.00354. The number of nitrogen functional groups attached to an aromatic ring is 1. The summed E-state index contributed by atoms with van der Waals surface area (Å²) >= 11 is 0. The van der Waals surface area contributed by atoms with Gasteiger partial charge in [0.2, 0.25) is 0 Å². The summed E-state index contributed by atoms with van der Waals surface area (Å²) in [6.07, 6.45) is -2.40. The van der Waals surface area contributed by atoms with Crippen molar-refractivity contribution in [2.24, 2.45) is 5.92 Å². The van der Waals surface area contributed by atoms with Gasteiger partial charge in [-0.15, -0.1) is 13.2 Å². The highest BCUT2D eigenvalue weighted by atomic mass is 32.2. The van der Waals surface area contributed by atoms with Gasteiger partial charge < -0.3 is 16.4 Å². The maximum absolute atomic E-state index is 12.1. The fraction of sp³-hybridized carbons (Fsp3) is 0.500. The van der Waals surface area contributed by atoms with Gasteiger partial charge in [0.1, 0.15) is 5.69 Å². The Kier molecular flexibility index (Phi) is 11.2. The normalized spacial score (nSPS) is 13.9. The van der Waals surface area contributed by atoms with E-state index in [0.29, 0.717) is 23.8 Å². The highest BCUT2D eigenvalue weighted by Crippen LogP contribution is 2.33. The second-order valence-electron chi connectivity index (χ2n) is 9.23. The molecule has 0 amide bonds. The SMILES string of the molecule is CC(C)S(=O)(=O)c1ccc(NCC2CC2)c([N+](=O)[O-])c1.CCS(=O)(=O)c1ccc(NCCOC(F)(F)F)c(N)c1. The van der Waals surface area contributed by atoms with Crippen molar-refractivity contribution in [3.05, 3.63) is 46.5 Å². The summed E-state index contributed by atoms with van der Waals surface area (Å²) in [7, 11) is -6.86. The van der Waals surface area contributed by atoms with Crippen molar-refractivity contribution in [1.82, 2.24) is 0 Å². The number of nitrogens with two attached hydrogens (primary N) is 1. The van der Waals surface area contributed by atoms with Gasteiger partial charge in [0, 0.05) is 19.2 Å². The largest absolute Gasteiger partial charge is 0.522 e. The van der Waals surface area contributed by atoms with Crippen LogP contribution in [0.3, 0.4) is 0 Å². The first kappa shape index (κ1) is 33.1. The number of hydrogen-bond acceptors (Lipinski definition) is 10. The number of halogens is 3. The van der Waals surface area contributed by atoms with Crippen molar-refractivity contribution in [2.75, 3.05) is 41.8 Å². The molecule has 1 saturated carbocycles. The van der Waals surface area contributed by atoms with Crippen LogP contribution in [0.5, 0.6) is 0 Å². The molecular weight excluding hydrogens is 577 g/mol. The van der Waals surface area contributed by atoms with Crippen LogP contribution in [0.1, 0.15) is 33.6 Å². The van der Waals surface area contributed by atoms with Gasteiger partial charge in [0.05, 0.1) is 43.7 Å². The van der Waals surface area contributed by atoms with E-state index in [9.17, 15) is 40.1 Å². The number of ether oxygens (including phenoxy) is 1. The number of rotatable bonds is 12. The highest BCUT2D eigenvalue weighted by molar-refractivity contribution is 7.92. The van der Waals surface area contributed by atoms with E-state index in [0.717, 1.165) is 18.9 Å². The minimum Gasteiger partial charge on any atom is -0.397 e. The molecule has 1 aliphatic carbocycles. The van der Waals surface area contributed by atoms with E-state index < -0.39 is 42.8 Å². The first-order valence-corrected chi connectivity index (χ1v) is 15.5. The smallest absolute Gasteiger partial charge is 0.397 e. The lowest BCUT2D eigenvalue weighted by atomic mass is 10.2. The predicted octanol–water partition coefficient (Wildman–Crippen LogP) is 4.61. The van der Waals surface area contributed by atoms with Crippen LogP contribution >= 0.6 is 0 Å². The van der Waals surface area contributed by atoms with E-state index in [1.54, 1.807) is 13.8 Å². The number of nitrogens with zero attached hydrogens (tertiary/aromatic N) is 1. The maximum atomic E-state index is 12.1. The van der Waals surface area contributed by atoms with Crippen LogP contribution in [0.25, 0.3) is 0 Å². The monoisotopic (exact) mass is 610 g/mol.